The Bertz CT molecular complexity index is 243. The summed E-state index contributed by atoms with van der Waals surface area (Å²) < 4.78 is 5.16. The molecule has 0 aromatic carbocycles. The Hall–Kier alpha value is -0.610. The molecule has 2 rings (SSSR count). The van der Waals surface area contributed by atoms with Crippen molar-refractivity contribution in [3.63, 3.8) is 0 Å². The molecule has 2 aliphatic rings. The van der Waals surface area contributed by atoms with E-state index in [1.165, 1.54) is 6.42 Å². The van der Waals surface area contributed by atoms with Gasteiger partial charge >= 0.3 is 0 Å². The first-order chi connectivity index (χ1) is 6.54. The number of hydrogen-bond donors (Lipinski definition) is 2. The first-order valence-electron chi connectivity index (χ1n) is 5.23. The summed E-state index contributed by atoms with van der Waals surface area (Å²) in [6.45, 7) is 3.03. The van der Waals surface area contributed by atoms with Gasteiger partial charge in [0, 0.05) is 12.1 Å². The van der Waals surface area contributed by atoms with E-state index < -0.39 is 5.54 Å². The van der Waals surface area contributed by atoms with Crippen LogP contribution in [0.3, 0.4) is 0 Å². The normalized spacial score (nSPS) is 35.0. The van der Waals surface area contributed by atoms with Crippen LogP contribution in [0.1, 0.15) is 32.6 Å². The molecule has 80 valence electrons. The third kappa shape index (κ3) is 1.64. The number of nitrogens with one attached hydrogen (secondary N) is 1. The van der Waals surface area contributed by atoms with Gasteiger partial charge < -0.3 is 15.8 Å². The van der Waals surface area contributed by atoms with Crippen molar-refractivity contribution in [1.82, 2.24) is 5.32 Å². The number of carbonyl (C=O) groups is 1. The van der Waals surface area contributed by atoms with Crippen molar-refractivity contribution in [3.05, 3.63) is 0 Å². The van der Waals surface area contributed by atoms with Gasteiger partial charge in [-0.25, -0.2) is 0 Å². The Morgan fingerprint density at radius 2 is 2.14 bits per heavy atom. The van der Waals surface area contributed by atoms with Crippen LogP contribution in [0.5, 0.6) is 0 Å². The number of hydrogen-bond acceptors (Lipinski definition) is 3. The molecule has 1 unspecified atom stereocenters. The van der Waals surface area contributed by atoms with E-state index in [-0.39, 0.29) is 11.4 Å². The van der Waals surface area contributed by atoms with E-state index in [0.29, 0.717) is 19.6 Å². The zero-order valence-corrected chi connectivity index (χ0v) is 8.64. The highest BCUT2D eigenvalue weighted by Gasteiger charge is 2.42. The van der Waals surface area contributed by atoms with Gasteiger partial charge in [0.15, 0.2) is 0 Å². The Balaban J connectivity index is 1.94. The maximum atomic E-state index is 11.9. The quantitative estimate of drug-likeness (QED) is 0.664. The minimum absolute atomic E-state index is 0.00789. The molecule has 0 bridgehead atoms. The Labute approximate surface area is 84.2 Å². The number of amides is 1. The van der Waals surface area contributed by atoms with E-state index in [1.807, 2.05) is 0 Å². The predicted molar refractivity (Wildman–Crippen MR) is 52.8 cm³/mol. The molecular formula is C10H18N2O2. The highest BCUT2D eigenvalue weighted by atomic mass is 16.5. The first-order valence-corrected chi connectivity index (χ1v) is 5.23. The molecule has 1 amide bonds. The molecule has 1 aliphatic heterocycles. The number of ether oxygens (including phenoxy) is 1. The first kappa shape index (κ1) is 9.93. The lowest BCUT2D eigenvalue weighted by molar-refractivity contribution is -0.129. The van der Waals surface area contributed by atoms with Crippen molar-refractivity contribution >= 4 is 5.91 Å². The third-order valence-electron chi connectivity index (χ3n) is 3.38. The second-order valence-corrected chi connectivity index (χ2v) is 4.83. The van der Waals surface area contributed by atoms with E-state index in [0.717, 1.165) is 12.8 Å². The summed E-state index contributed by atoms with van der Waals surface area (Å²) in [6.07, 6.45) is 3.96. The zero-order chi connectivity index (χ0) is 10.2. The highest BCUT2D eigenvalue weighted by Crippen LogP contribution is 2.31. The highest BCUT2D eigenvalue weighted by molar-refractivity contribution is 5.87. The van der Waals surface area contributed by atoms with Crippen LogP contribution in [0.4, 0.5) is 0 Å². The summed E-state index contributed by atoms with van der Waals surface area (Å²) in [5.74, 6) is -0.0443. The second-order valence-electron chi connectivity index (χ2n) is 4.83. The largest absolute Gasteiger partial charge is 0.379 e. The molecule has 14 heavy (non-hydrogen) atoms. The standard InChI is InChI=1S/C10H18N2O2/c1-9(3-2-4-9)12-8(13)10(11)5-6-14-7-10/h2-7,11H2,1H3,(H,12,13). The summed E-state index contributed by atoms with van der Waals surface area (Å²) >= 11 is 0. The maximum absolute atomic E-state index is 11.9. The SMILES string of the molecule is CC1(NC(=O)C2(N)CCOC2)CCC1. The van der Waals surface area contributed by atoms with Gasteiger partial charge in [-0.3, -0.25) is 4.79 Å². The van der Waals surface area contributed by atoms with Gasteiger partial charge in [-0.1, -0.05) is 0 Å². The van der Waals surface area contributed by atoms with E-state index in [4.69, 9.17) is 10.5 Å². The fourth-order valence-electron chi connectivity index (χ4n) is 1.99. The van der Waals surface area contributed by atoms with Gasteiger partial charge in [-0.2, -0.15) is 0 Å². The molecule has 1 heterocycles. The van der Waals surface area contributed by atoms with Gasteiger partial charge in [0.25, 0.3) is 0 Å². The topological polar surface area (TPSA) is 64.4 Å². The molecule has 1 atom stereocenters. The molecule has 0 aromatic heterocycles. The van der Waals surface area contributed by atoms with E-state index in [9.17, 15) is 4.79 Å². The lowest BCUT2D eigenvalue weighted by atomic mass is 9.78. The Morgan fingerprint density at radius 3 is 2.57 bits per heavy atom. The smallest absolute Gasteiger partial charge is 0.242 e. The fraction of sp³-hybridized carbons (Fsp3) is 0.900. The molecule has 4 nitrogen and oxygen atoms in total. The third-order valence-corrected chi connectivity index (χ3v) is 3.38. The van der Waals surface area contributed by atoms with E-state index in [1.54, 1.807) is 0 Å². The molecule has 1 saturated heterocycles. The van der Waals surface area contributed by atoms with Crippen molar-refractivity contribution in [2.45, 2.75) is 43.7 Å². The van der Waals surface area contributed by atoms with Gasteiger partial charge in [-0.15, -0.1) is 0 Å². The summed E-state index contributed by atoms with van der Waals surface area (Å²) in [5, 5.41) is 3.03. The Morgan fingerprint density at radius 1 is 1.43 bits per heavy atom. The monoisotopic (exact) mass is 198 g/mol. The van der Waals surface area contributed by atoms with Gasteiger partial charge in [-0.05, 0) is 32.6 Å². The Kier molecular flexibility index (Phi) is 2.27. The van der Waals surface area contributed by atoms with Crippen molar-refractivity contribution in [2.75, 3.05) is 13.2 Å². The lowest BCUT2D eigenvalue weighted by Crippen LogP contribution is -2.61. The van der Waals surface area contributed by atoms with Crippen LogP contribution >= 0.6 is 0 Å². The molecule has 3 N–H and O–H groups in total. The van der Waals surface area contributed by atoms with Crippen molar-refractivity contribution in [1.29, 1.82) is 0 Å². The molecule has 1 aliphatic carbocycles. The van der Waals surface area contributed by atoms with E-state index >= 15 is 0 Å². The maximum Gasteiger partial charge on any atom is 0.242 e. The molecular weight excluding hydrogens is 180 g/mol. The van der Waals surface area contributed by atoms with Crippen LogP contribution in [0.15, 0.2) is 0 Å². The van der Waals surface area contributed by atoms with Crippen LogP contribution in [0, 0.1) is 0 Å². The fourth-order valence-corrected chi connectivity index (χ4v) is 1.99. The lowest BCUT2D eigenvalue weighted by Gasteiger charge is -2.41. The predicted octanol–water partition coefficient (Wildman–Crippen LogP) is 0.163. The van der Waals surface area contributed by atoms with Crippen molar-refractivity contribution in [3.8, 4) is 0 Å². The van der Waals surface area contributed by atoms with Crippen LogP contribution in [-0.2, 0) is 9.53 Å². The van der Waals surface area contributed by atoms with Crippen LogP contribution in [0.2, 0.25) is 0 Å². The molecule has 0 radical (unpaired) electrons. The van der Waals surface area contributed by atoms with Gasteiger partial charge in [0.05, 0.1) is 6.61 Å². The summed E-state index contributed by atoms with van der Waals surface area (Å²) in [5.41, 5.74) is 5.16. The molecule has 1 saturated carbocycles. The molecule has 2 fully saturated rings. The van der Waals surface area contributed by atoms with Gasteiger partial charge in [0.1, 0.15) is 5.54 Å². The average molecular weight is 198 g/mol. The summed E-state index contributed by atoms with van der Waals surface area (Å²) in [7, 11) is 0. The van der Waals surface area contributed by atoms with Crippen molar-refractivity contribution in [2.24, 2.45) is 5.73 Å². The number of carbonyl (C=O) groups excluding carboxylic acids is 1. The van der Waals surface area contributed by atoms with E-state index in [2.05, 4.69) is 12.2 Å². The molecule has 0 spiro atoms. The van der Waals surface area contributed by atoms with Gasteiger partial charge in [0.2, 0.25) is 5.91 Å². The van der Waals surface area contributed by atoms with Crippen LogP contribution in [0.25, 0.3) is 0 Å². The molecule has 0 aromatic rings. The van der Waals surface area contributed by atoms with Crippen molar-refractivity contribution < 1.29 is 9.53 Å². The molecule has 4 heteroatoms. The van der Waals surface area contributed by atoms with Crippen LogP contribution in [-0.4, -0.2) is 30.2 Å². The summed E-state index contributed by atoms with van der Waals surface area (Å²) in [4.78, 5) is 11.9. The average Bonchev–Trinajstić information content (AvgIpc) is 2.51. The number of nitrogens with two attached hydrogens (primary N) is 1. The second kappa shape index (κ2) is 3.21. The minimum atomic E-state index is -0.779. The minimum Gasteiger partial charge on any atom is -0.379 e. The van der Waals surface area contributed by atoms with Crippen LogP contribution < -0.4 is 11.1 Å². The number of rotatable bonds is 2. The summed E-state index contributed by atoms with van der Waals surface area (Å²) in [6, 6.07) is 0. The zero-order valence-electron chi connectivity index (χ0n) is 8.64.